The van der Waals surface area contributed by atoms with Gasteiger partial charge in [0.1, 0.15) is 0 Å². The first-order chi connectivity index (χ1) is 11.2. The van der Waals surface area contributed by atoms with Crippen LogP contribution >= 0.6 is 0 Å². The molecule has 6 heteroatoms. The van der Waals surface area contributed by atoms with Crippen LogP contribution in [0.2, 0.25) is 0 Å². The summed E-state index contributed by atoms with van der Waals surface area (Å²) in [7, 11) is 0. The molecule has 3 rings (SSSR count). The largest absolute Gasteiger partial charge is 0.393 e. The molecule has 2 aromatic rings. The number of pyridine rings is 1. The lowest BCUT2D eigenvalue weighted by Crippen LogP contribution is -2.48. The van der Waals surface area contributed by atoms with Gasteiger partial charge in [-0.2, -0.15) is 5.10 Å². The zero-order chi connectivity index (χ0) is 16.2. The standard InChI is InChI=1S/C17H22N4O2/c1-2-15-14(10-19-21-15)17(23)20-16(11-7-13(22)8-11)9-12-5-3-4-6-18-12/h3-6,10-11,13,16,22H,2,7-9H2,1H3,(H,19,21)(H,20,23)/t11?,13?,16-/m0/s1. The van der Waals surface area contributed by atoms with Gasteiger partial charge in [0.25, 0.3) is 5.91 Å². The predicted molar refractivity (Wildman–Crippen MR) is 85.9 cm³/mol. The third-order valence-electron chi connectivity index (χ3n) is 4.51. The molecule has 1 saturated carbocycles. The molecule has 122 valence electrons. The van der Waals surface area contributed by atoms with Crippen LogP contribution in [0.1, 0.15) is 41.5 Å². The number of aliphatic hydroxyl groups excluding tert-OH is 1. The molecule has 1 fully saturated rings. The average molecular weight is 314 g/mol. The van der Waals surface area contributed by atoms with Gasteiger partial charge in [0.15, 0.2) is 0 Å². The highest BCUT2D eigenvalue weighted by Crippen LogP contribution is 2.31. The predicted octanol–water partition coefficient (Wildman–Crippen LogP) is 1.48. The van der Waals surface area contributed by atoms with Crippen molar-refractivity contribution in [1.82, 2.24) is 20.5 Å². The van der Waals surface area contributed by atoms with E-state index in [4.69, 9.17) is 0 Å². The number of carbonyl (C=O) groups is 1. The Morgan fingerprint density at radius 1 is 1.48 bits per heavy atom. The molecule has 0 radical (unpaired) electrons. The third-order valence-corrected chi connectivity index (χ3v) is 4.51. The molecule has 0 aromatic carbocycles. The van der Waals surface area contributed by atoms with Crippen molar-refractivity contribution in [2.45, 2.75) is 44.8 Å². The number of rotatable bonds is 6. The number of H-pyrrole nitrogens is 1. The first-order valence-electron chi connectivity index (χ1n) is 8.08. The van der Waals surface area contributed by atoms with Crippen LogP contribution in [0.15, 0.2) is 30.6 Å². The molecule has 2 aromatic heterocycles. The van der Waals surface area contributed by atoms with Gasteiger partial charge in [-0.25, -0.2) is 0 Å². The summed E-state index contributed by atoms with van der Waals surface area (Å²) in [5.41, 5.74) is 2.38. The van der Waals surface area contributed by atoms with Crippen LogP contribution < -0.4 is 5.32 Å². The Morgan fingerprint density at radius 2 is 2.30 bits per heavy atom. The quantitative estimate of drug-likeness (QED) is 0.753. The normalized spacial score (nSPS) is 21.5. The maximum Gasteiger partial charge on any atom is 0.254 e. The fourth-order valence-corrected chi connectivity index (χ4v) is 3.06. The van der Waals surface area contributed by atoms with Crippen molar-refractivity contribution in [1.29, 1.82) is 0 Å². The molecule has 0 saturated heterocycles. The number of aryl methyl sites for hydroxylation is 1. The summed E-state index contributed by atoms with van der Waals surface area (Å²) in [4.78, 5) is 16.9. The Labute approximate surface area is 135 Å². The van der Waals surface area contributed by atoms with Gasteiger partial charge in [0, 0.05) is 30.0 Å². The minimum atomic E-state index is -0.247. The maximum atomic E-state index is 12.6. The van der Waals surface area contributed by atoms with Gasteiger partial charge in [-0.3, -0.25) is 14.9 Å². The van der Waals surface area contributed by atoms with Crippen molar-refractivity contribution in [3.05, 3.63) is 47.5 Å². The SMILES string of the molecule is CCc1[nH]ncc1C(=O)N[C@@H](Cc1ccccn1)C1CC(O)C1. The van der Waals surface area contributed by atoms with Crippen molar-refractivity contribution < 1.29 is 9.90 Å². The first kappa shape index (κ1) is 15.7. The molecular formula is C17H22N4O2. The van der Waals surface area contributed by atoms with E-state index in [0.717, 1.165) is 30.7 Å². The molecule has 6 nitrogen and oxygen atoms in total. The highest BCUT2D eigenvalue weighted by atomic mass is 16.3. The second-order valence-electron chi connectivity index (χ2n) is 6.11. The molecule has 0 unspecified atom stereocenters. The molecule has 0 spiro atoms. The van der Waals surface area contributed by atoms with Crippen LogP contribution in [0.25, 0.3) is 0 Å². The van der Waals surface area contributed by atoms with Crippen LogP contribution in [-0.2, 0) is 12.8 Å². The molecule has 1 amide bonds. The number of amides is 1. The monoisotopic (exact) mass is 314 g/mol. The van der Waals surface area contributed by atoms with Crippen LogP contribution in [0.4, 0.5) is 0 Å². The van der Waals surface area contributed by atoms with Crippen LogP contribution in [-0.4, -0.2) is 38.3 Å². The molecular weight excluding hydrogens is 292 g/mol. The topological polar surface area (TPSA) is 90.9 Å². The van der Waals surface area contributed by atoms with Gasteiger partial charge in [-0.1, -0.05) is 13.0 Å². The van der Waals surface area contributed by atoms with E-state index in [0.29, 0.717) is 12.0 Å². The fourth-order valence-electron chi connectivity index (χ4n) is 3.06. The zero-order valence-electron chi connectivity index (χ0n) is 13.2. The van der Waals surface area contributed by atoms with Crippen molar-refractivity contribution in [3.63, 3.8) is 0 Å². The van der Waals surface area contributed by atoms with Gasteiger partial charge >= 0.3 is 0 Å². The number of hydrogen-bond donors (Lipinski definition) is 3. The van der Waals surface area contributed by atoms with Crippen LogP contribution in [0, 0.1) is 5.92 Å². The minimum absolute atomic E-state index is 0.0274. The van der Waals surface area contributed by atoms with Gasteiger partial charge in [0.05, 0.1) is 17.9 Å². The summed E-state index contributed by atoms with van der Waals surface area (Å²) >= 11 is 0. The lowest BCUT2D eigenvalue weighted by atomic mass is 9.76. The highest BCUT2D eigenvalue weighted by molar-refractivity contribution is 5.95. The molecule has 1 aliphatic carbocycles. The molecule has 0 aliphatic heterocycles. The van der Waals surface area contributed by atoms with E-state index >= 15 is 0 Å². The minimum Gasteiger partial charge on any atom is -0.393 e. The molecule has 23 heavy (non-hydrogen) atoms. The fraction of sp³-hybridized carbons (Fsp3) is 0.471. The molecule has 0 bridgehead atoms. The van der Waals surface area contributed by atoms with E-state index < -0.39 is 0 Å². The number of nitrogens with zero attached hydrogens (tertiary/aromatic N) is 2. The van der Waals surface area contributed by atoms with E-state index in [1.165, 1.54) is 0 Å². The van der Waals surface area contributed by atoms with E-state index in [-0.39, 0.29) is 24.0 Å². The lowest BCUT2D eigenvalue weighted by molar-refractivity contribution is 0.0237. The van der Waals surface area contributed by atoms with E-state index in [1.807, 2.05) is 25.1 Å². The summed E-state index contributed by atoms with van der Waals surface area (Å²) in [6.45, 7) is 1.98. The average Bonchev–Trinajstić information content (AvgIpc) is 3.01. The lowest BCUT2D eigenvalue weighted by Gasteiger charge is -2.38. The van der Waals surface area contributed by atoms with Crippen molar-refractivity contribution in [3.8, 4) is 0 Å². The van der Waals surface area contributed by atoms with Crippen LogP contribution in [0.3, 0.4) is 0 Å². The van der Waals surface area contributed by atoms with Gasteiger partial charge in [-0.15, -0.1) is 0 Å². The Morgan fingerprint density at radius 3 is 2.96 bits per heavy atom. The summed E-state index contributed by atoms with van der Waals surface area (Å²) < 4.78 is 0. The summed E-state index contributed by atoms with van der Waals surface area (Å²) in [6, 6.07) is 5.76. The summed E-state index contributed by atoms with van der Waals surface area (Å²) in [5.74, 6) is 0.172. The molecule has 1 atom stereocenters. The molecule has 2 heterocycles. The Kier molecular flexibility index (Phi) is 4.71. The van der Waals surface area contributed by atoms with E-state index in [1.54, 1.807) is 12.4 Å². The zero-order valence-corrected chi connectivity index (χ0v) is 13.2. The second kappa shape index (κ2) is 6.91. The summed E-state index contributed by atoms with van der Waals surface area (Å²) in [6.07, 6.45) is 5.94. The first-order valence-corrected chi connectivity index (χ1v) is 8.08. The Bertz CT molecular complexity index is 650. The van der Waals surface area contributed by atoms with E-state index in [9.17, 15) is 9.90 Å². The number of aromatic amines is 1. The van der Waals surface area contributed by atoms with Crippen LogP contribution in [0.5, 0.6) is 0 Å². The maximum absolute atomic E-state index is 12.6. The number of aliphatic hydroxyl groups is 1. The summed E-state index contributed by atoms with van der Waals surface area (Å²) in [5, 5.41) is 19.5. The number of carbonyl (C=O) groups excluding carboxylic acids is 1. The van der Waals surface area contributed by atoms with E-state index in [2.05, 4.69) is 20.5 Å². The third kappa shape index (κ3) is 3.59. The van der Waals surface area contributed by atoms with Gasteiger partial charge in [-0.05, 0) is 37.3 Å². The van der Waals surface area contributed by atoms with Crippen molar-refractivity contribution >= 4 is 5.91 Å². The van der Waals surface area contributed by atoms with Gasteiger partial charge in [0.2, 0.25) is 0 Å². The molecule has 3 N–H and O–H groups in total. The van der Waals surface area contributed by atoms with Crippen molar-refractivity contribution in [2.24, 2.45) is 5.92 Å². The molecule has 1 aliphatic rings. The van der Waals surface area contributed by atoms with Gasteiger partial charge < -0.3 is 10.4 Å². The number of hydrogen-bond acceptors (Lipinski definition) is 4. The smallest absolute Gasteiger partial charge is 0.254 e. The second-order valence-corrected chi connectivity index (χ2v) is 6.11. The highest BCUT2D eigenvalue weighted by Gasteiger charge is 2.35. The number of nitrogens with one attached hydrogen (secondary N) is 2. The van der Waals surface area contributed by atoms with Crippen molar-refractivity contribution in [2.75, 3.05) is 0 Å². The number of aromatic nitrogens is 3. The Balaban J connectivity index is 1.72. The Hall–Kier alpha value is -2.21.